The van der Waals surface area contributed by atoms with Crippen molar-refractivity contribution in [3.8, 4) is 0 Å². The highest BCUT2D eigenvalue weighted by molar-refractivity contribution is 5.75. The molecule has 0 radical (unpaired) electrons. The first-order chi connectivity index (χ1) is 11.0. The van der Waals surface area contributed by atoms with E-state index in [2.05, 4.69) is 19.1 Å². The van der Waals surface area contributed by atoms with Crippen LogP contribution in [0, 0.1) is 11.8 Å². The van der Waals surface area contributed by atoms with E-state index in [0.717, 1.165) is 38.5 Å². The molecule has 0 amide bonds. The average molecular weight is 325 g/mol. The standard InChI is InChI=1S/C20H36O3/c1-5-19(15-20(22)23-16-17(2)3)14-12-10-8-6-7-9-11-13-18(4)21/h10,12,17,19H,5-9,11,13-16H2,1-4H3. The van der Waals surface area contributed by atoms with Crippen molar-refractivity contribution in [1.29, 1.82) is 0 Å². The fourth-order valence-corrected chi connectivity index (χ4v) is 2.34. The van der Waals surface area contributed by atoms with Crippen molar-refractivity contribution in [3.05, 3.63) is 12.2 Å². The summed E-state index contributed by atoms with van der Waals surface area (Å²) in [7, 11) is 0. The van der Waals surface area contributed by atoms with Crippen LogP contribution in [0.5, 0.6) is 0 Å². The Balaban J connectivity index is 3.68. The number of carbonyl (C=O) groups excluding carboxylic acids is 2. The SMILES string of the molecule is CCC(CC=CCCCCCCC(C)=O)CC(=O)OCC(C)C. The van der Waals surface area contributed by atoms with Crippen molar-refractivity contribution in [2.75, 3.05) is 6.61 Å². The number of esters is 1. The monoisotopic (exact) mass is 324 g/mol. The van der Waals surface area contributed by atoms with Crippen LogP contribution in [-0.2, 0) is 14.3 Å². The predicted molar refractivity (Wildman–Crippen MR) is 96.3 cm³/mol. The van der Waals surface area contributed by atoms with Gasteiger partial charge in [-0.25, -0.2) is 0 Å². The lowest BCUT2D eigenvalue weighted by molar-refractivity contribution is -0.145. The lowest BCUT2D eigenvalue weighted by Gasteiger charge is -2.13. The molecule has 0 saturated heterocycles. The van der Waals surface area contributed by atoms with E-state index in [4.69, 9.17) is 4.74 Å². The average Bonchev–Trinajstić information content (AvgIpc) is 2.49. The van der Waals surface area contributed by atoms with Crippen molar-refractivity contribution in [2.45, 2.75) is 85.5 Å². The van der Waals surface area contributed by atoms with Crippen LogP contribution in [0.2, 0.25) is 0 Å². The minimum atomic E-state index is -0.0654. The molecule has 0 aliphatic heterocycles. The highest BCUT2D eigenvalue weighted by Gasteiger charge is 2.12. The van der Waals surface area contributed by atoms with Crippen LogP contribution >= 0.6 is 0 Å². The van der Waals surface area contributed by atoms with E-state index in [1.54, 1.807) is 6.92 Å². The van der Waals surface area contributed by atoms with E-state index in [1.165, 1.54) is 12.8 Å². The van der Waals surface area contributed by atoms with Gasteiger partial charge in [-0.1, -0.05) is 52.2 Å². The molecular formula is C20H36O3. The maximum Gasteiger partial charge on any atom is 0.306 e. The van der Waals surface area contributed by atoms with Crippen molar-refractivity contribution in [3.63, 3.8) is 0 Å². The van der Waals surface area contributed by atoms with Gasteiger partial charge in [-0.3, -0.25) is 4.79 Å². The number of ether oxygens (including phenoxy) is 1. The molecule has 134 valence electrons. The molecule has 0 rings (SSSR count). The molecule has 23 heavy (non-hydrogen) atoms. The molecule has 0 aromatic heterocycles. The van der Waals surface area contributed by atoms with Crippen molar-refractivity contribution in [2.24, 2.45) is 11.8 Å². The first kappa shape index (κ1) is 21.9. The van der Waals surface area contributed by atoms with Gasteiger partial charge < -0.3 is 9.53 Å². The summed E-state index contributed by atoms with van der Waals surface area (Å²) in [6.45, 7) is 8.41. The Labute approximate surface area is 142 Å². The molecule has 0 spiro atoms. The van der Waals surface area contributed by atoms with Crippen LogP contribution < -0.4 is 0 Å². The van der Waals surface area contributed by atoms with E-state index in [1.807, 2.05) is 13.8 Å². The topological polar surface area (TPSA) is 43.4 Å². The summed E-state index contributed by atoms with van der Waals surface area (Å²) in [5, 5.41) is 0. The molecule has 0 aliphatic rings. The number of rotatable bonds is 14. The summed E-state index contributed by atoms with van der Waals surface area (Å²) in [4.78, 5) is 22.5. The molecule has 3 nitrogen and oxygen atoms in total. The lowest BCUT2D eigenvalue weighted by Crippen LogP contribution is -2.13. The van der Waals surface area contributed by atoms with Crippen LogP contribution in [0.25, 0.3) is 0 Å². The third kappa shape index (κ3) is 15.5. The van der Waals surface area contributed by atoms with Crippen LogP contribution in [0.15, 0.2) is 12.2 Å². The Kier molecular flexibility index (Phi) is 13.8. The van der Waals surface area contributed by atoms with Gasteiger partial charge in [-0.05, 0) is 44.4 Å². The third-order valence-electron chi connectivity index (χ3n) is 3.90. The Bertz CT molecular complexity index is 345. The van der Waals surface area contributed by atoms with E-state index in [0.29, 0.717) is 30.6 Å². The summed E-state index contributed by atoms with van der Waals surface area (Å²) >= 11 is 0. The number of Topliss-reactive ketones (excluding diaryl/α,β-unsaturated/α-hetero) is 1. The summed E-state index contributed by atoms with van der Waals surface area (Å²) in [6, 6.07) is 0. The van der Waals surface area contributed by atoms with Gasteiger partial charge in [0.25, 0.3) is 0 Å². The number of allylic oxidation sites excluding steroid dienone is 2. The molecule has 1 atom stereocenters. The van der Waals surface area contributed by atoms with Crippen molar-refractivity contribution in [1.82, 2.24) is 0 Å². The fourth-order valence-electron chi connectivity index (χ4n) is 2.34. The van der Waals surface area contributed by atoms with Crippen LogP contribution in [0.4, 0.5) is 0 Å². The molecule has 0 fully saturated rings. The second-order valence-corrected chi connectivity index (χ2v) is 6.92. The third-order valence-corrected chi connectivity index (χ3v) is 3.90. The van der Waals surface area contributed by atoms with Gasteiger partial charge in [0.15, 0.2) is 0 Å². The zero-order valence-electron chi connectivity index (χ0n) is 15.6. The van der Waals surface area contributed by atoms with E-state index in [-0.39, 0.29) is 5.97 Å². The Morgan fingerprint density at radius 2 is 1.74 bits per heavy atom. The highest BCUT2D eigenvalue weighted by Crippen LogP contribution is 2.16. The van der Waals surface area contributed by atoms with Gasteiger partial charge in [0.1, 0.15) is 5.78 Å². The number of ketones is 1. The minimum absolute atomic E-state index is 0.0654. The van der Waals surface area contributed by atoms with Crippen LogP contribution in [0.3, 0.4) is 0 Å². The van der Waals surface area contributed by atoms with E-state index in [9.17, 15) is 9.59 Å². The van der Waals surface area contributed by atoms with Crippen LogP contribution in [-0.4, -0.2) is 18.4 Å². The van der Waals surface area contributed by atoms with Gasteiger partial charge >= 0.3 is 5.97 Å². The Morgan fingerprint density at radius 3 is 2.35 bits per heavy atom. The smallest absolute Gasteiger partial charge is 0.306 e. The quantitative estimate of drug-likeness (QED) is 0.241. The fraction of sp³-hybridized carbons (Fsp3) is 0.800. The largest absolute Gasteiger partial charge is 0.465 e. The number of hydrogen-bond acceptors (Lipinski definition) is 3. The summed E-state index contributed by atoms with van der Waals surface area (Å²) < 4.78 is 5.25. The van der Waals surface area contributed by atoms with Crippen molar-refractivity contribution >= 4 is 11.8 Å². The molecule has 0 heterocycles. The van der Waals surface area contributed by atoms with Gasteiger partial charge in [-0.2, -0.15) is 0 Å². The lowest BCUT2D eigenvalue weighted by atomic mass is 9.98. The number of hydrogen-bond donors (Lipinski definition) is 0. The molecule has 0 N–H and O–H groups in total. The highest BCUT2D eigenvalue weighted by atomic mass is 16.5. The molecule has 0 aromatic rings. The summed E-state index contributed by atoms with van der Waals surface area (Å²) in [6.07, 6.45) is 13.3. The second kappa shape index (κ2) is 14.5. The molecule has 0 aliphatic carbocycles. The van der Waals surface area contributed by atoms with Gasteiger partial charge in [0.05, 0.1) is 6.61 Å². The van der Waals surface area contributed by atoms with E-state index < -0.39 is 0 Å². The van der Waals surface area contributed by atoms with Gasteiger partial charge in [0, 0.05) is 12.8 Å². The second-order valence-electron chi connectivity index (χ2n) is 6.92. The minimum Gasteiger partial charge on any atom is -0.465 e. The Hall–Kier alpha value is -1.12. The van der Waals surface area contributed by atoms with Crippen molar-refractivity contribution < 1.29 is 14.3 Å². The molecule has 1 unspecified atom stereocenters. The van der Waals surface area contributed by atoms with E-state index >= 15 is 0 Å². The molecular weight excluding hydrogens is 288 g/mol. The zero-order valence-corrected chi connectivity index (χ0v) is 15.6. The maximum absolute atomic E-state index is 11.7. The van der Waals surface area contributed by atoms with Gasteiger partial charge in [-0.15, -0.1) is 0 Å². The molecule has 3 heteroatoms. The molecule has 0 bridgehead atoms. The maximum atomic E-state index is 11.7. The summed E-state index contributed by atoms with van der Waals surface area (Å²) in [5.74, 6) is 1.02. The number of carbonyl (C=O) groups is 2. The zero-order chi connectivity index (χ0) is 17.5. The normalized spacial score (nSPS) is 12.7. The molecule has 0 aromatic carbocycles. The first-order valence-corrected chi connectivity index (χ1v) is 9.25. The molecule has 0 saturated carbocycles. The Morgan fingerprint density at radius 1 is 1.04 bits per heavy atom. The number of unbranched alkanes of at least 4 members (excludes halogenated alkanes) is 4. The summed E-state index contributed by atoms with van der Waals surface area (Å²) in [5.41, 5.74) is 0. The first-order valence-electron chi connectivity index (χ1n) is 9.25. The predicted octanol–water partition coefficient (Wildman–Crippen LogP) is 5.48. The van der Waals surface area contributed by atoms with Crippen LogP contribution in [0.1, 0.15) is 85.5 Å². The van der Waals surface area contributed by atoms with Gasteiger partial charge in [0.2, 0.25) is 0 Å².